The van der Waals surface area contributed by atoms with E-state index < -0.39 is 0 Å². The molecular formula is C21H25IN2O5. The van der Waals surface area contributed by atoms with Gasteiger partial charge in [0.15, 0.2) is 23.0 Å². The van der Waals surface area contributed by atoms with E-state index in [-0.39, 0.29) is 5.91 Å². The van der Waals surface area contributed by atoms with Crippen LogP contribution in [0.15, 0.2) is 35.4 Å². The third-order valence-corrected chi connectivity index (χ3v) is 4.60. The second-order valence-electron chi connectivity index (χ2n) is 5.88. The predicted molar refractivity (Wildman–Crippen MR) is 121 cm³/mol. The highest BCUT2D eigenvalue weighted by atomic mass is 127. The largest absolute Gasteiger partial charge is 0.493 e. The molecule has 1 amide bonds. The summed E-state index contributed by atoms with van der Waals surface area (Å²) in [6.45, 7) is 5.02. The van der Waals surface area contributed by atoms with Gasteiger partial charge in [0.2, 0.25) is 0 Å². The van der Waals surface area contributed by atoms with Gasteiger partial charge in [-0.25, -0.2) is 5.43 Å². The molecule has 0 unspecified atom stereocenters. The van der Waals surface area contributed by atoms with E-state index >= 15 is 0 Å². The number of nitrogens with zero attached hydrogens (tertiary/aromatic N) is 1. The summed E-state index contributed by atoms with van der Waals surface area (Å²) in [7, 11) is 3.13. The zero-order valence-corrected chi connectivity index (χ0v) is 19.1. The predicted octanol–water partition coefficient (Wildman–Crippen LogP) is 4.26. The van der Waals surface area contributed by atoms with Crippen molar-refractivity contribution in [2.45, 2.75) is 20.3 Å². The number of ether oxygens (including phenoxy) is 4. The highest BCUT2D eigenvalue weighted by molar-refractivity contribution is 14.1. The van der Waals surface area contributed by atoms with Crippen molar-refractivity contribution in [3.8, 4) is 23.0 Å². The zero-order chi connectivity index (χ0) is 21.2. The van der Waals surface area contributed by atoms with Gasteiger partial charge in [-0.1, -0.05) is 6.92 Å². The van der Waals surface area contributed by atoms with Crippen LogP contribution >= 0.6 is 22.6 Å². The fourth-order valence-electron chi connectivity index (χ4n) is 2.49. The highest BCUT2D eigenvalue weighted by Gasteiger charge is 2.12. The minimum absolute atomic E-state index is 0.352. The number of hydrogen-bond acceptors (Lipinski definition) is 6. The van der Waals surface area contributed by atoms with Crippen molar-refractivity contribution in [3.05, 3.63) is 45.0 Å². The molecule has 0 bridgehead atoms. The van der Waals surface area contributed by atoms with Crippen molar-refractivity contribution in [3.63, 3.8) is 0 Å². The van der Waals surface area contributed by atoms with E-state index in [0.29, 0.717) is 41.8 Å². The van der Waals surface area contributed by atoms with E-state index in [1.807, 2.05) is 26.0 Å². The van der Waals surface area contributed by atoms with E-state index in [1.165, 1.54) is 7.11 Å². The number of rotatable bonds is 10. The number of halogens is 1. The first kappa shape index (κ1) is 22.8. The van der Waals surface area contributed by atoms with Crippen LogP contribution in [0, 0.1) is 3.57 Å². The van der Waals surface area contributed by atoms with Crippen LogP contribution in [0.2, 0.25) is 0 Å². The van der Waals surface area contributed by atoms with Crippen LogP contribution in [0.1, 0.15) is 36.2 Å². The number of benzene rings is 2. The summed E-state index contributed by atoms with van der Waals surface area (Å²) < 4.78 is 22.8. The molecule has 2 rings (SSSR count). The molecule has 0 radical (unpaired) electrons. The van der Waals surface area contributed by atoms with Crippen molar-refractivity contribution in [1.82, 2.24) is 5.43 Å². The standard InChI is InChI=1S/C21H25IN2O5/c1-5-9-29-17-8-7-15(12-18(17)26-3)21(25)24-23-13-14-10-16(22)20(27-4)19(11-14)28-6-2/h7-8,10-13H,5-6,9H2,1-4H3,(H,24,25)/b23-13+. The Morgan fingerprint density at radius 1 is 1.07 bits per heavy atom. The Morgan fingerprint density at radius 3 is 2.52 bits per heavy atom. The summed E-state index contributed by atoms with van der Waals surface area (Å²) in [4.78, 5) is 12.4. The number of carbonyl (C=O) groups is 1. The lowest BCUT2D eigenvalue weighted by molar-refractivity contribution is 0.0954. The minimum atomic E-state index is -0.352. The van der Waals surface area contributed by atoms with Gasteiger partial charge >= 0.3 is 0 Å². The van der Waals surface area contributed by atoms with Gasteiger partial charge in [0.05, 0.1) is 37.2 Å². The van der Waals surface area contributed by atoms with Gasteiger partial charge in [0.25, 0.3) is 5.91 Å². The van der Waals surface area contributed by atoms with E-state index in [9.17, 15) is 4.79 Å². The Kier molecular flexibility index (Phi) is 9.04. The first-order valence-electron chi connectivity index (χ1n) is 9.18. The molecule has 0 saturated heterocycles. The maximum absolute atomic E-state index is 12.4. The molecule has 1 N–H and O–H groups in total. The number of carbonyl (C=O) groups excluding carboxylic acids is 1. The molecule has 156 valence electrons. The molecule has 0 aromatic heterocycles. The molecule has 2 aromatic carbocycles. The maximum Gasteiger partial charge on any atom is 0.271 e. The number of nitrogens with one attached hydrogen (secondary N) is 1. The van der Waals surface area contributed by atoms with Crippen LogP contribution < -0.4 is 24.4 Å². The van der Waals surface area contributed by atoms with Gasteiger partial charge in [-0.15, -0.1) is 0 Å². The second kappa shape index (κ2) is 11.5. The highest BCUT2D eigenvalue weighted by Crippen LogP contribution is 2.33. The first-order valence-corrected chi connectivity index (χ1v) is 10.3. The molecule has 0 aliphatic carbocycles. The van der Waals surface area contributed by atoms with Gasteiger partial charge in [-0.2, -0.15) is 5.10 Å². The molecule has 0 saturated carbocycles. The fourth-order valence-corrected chi connectivity index (χ4v) is 3.34. The van der Waals surface area contributed by atoms with E-state index in [0.717, 1.165) is 15.6 Å². The molecule has 2 aromatic rings. The van der Waals surface area contributed by atoms with Gasteiger partial charge in [0.1, 0.15) is 0 Å². The molecule has 8 heteroatoms. The Balaban J connectivity index is 2.11. The molecule has 0 heterocycles. The lowest BCUT2D eigenvalue weighted by Crippen LogP contribution is -2.17. The molecule has 0 aliphatic rings. The first-order chi connectivity index (χ1) is 14.0. The molecule has 0 aliphatic heterocycles. The number of amides is 1. The van der Waals surface area contributed by atoms with Crippen molar-refractivity contribution < 1.29 is 23.7 Å². The average Bonchev–Trinajstić information content (AvgIpc) is 2.72. The second-order valence-corrected chi connectivity index (χ2v) is 7.04. The third kappa shape index (κ3) is 6.25. The van der Waals surface area contributed by atoms with Crippen LogP contribution in [0.5, 0.6) is 23.0 Å². The van der Waals surface area contributed by atoms with E-state index in [4.69, 9.17) is 18.9 Å². The normalized spacial score (nSPS) is 10.7. The number of hydrazone groups is 1. The molecule has 29 heavy (non-hydrogen) atoms. The zero-order valence-electron chi connectivity index (χ0n) is 17.0. The quantitative estimate of drug-likeness (QED) is 0.293. The van der Waals surface area contributed by atoms with Crippen molar-refractivity contribution in [1.29, 1.82) is 0 Å². The lowest BCUT2D eigenvalue weighted by Gasteiger charge is -2.12. The van der Waals surface area contributed by atoms with Crippen molar-refractivity contribution in [2.75, 3.05) is 27.4 Å². The molecule has 0 atom stereocenters. The Hall–Kier alpha value is -2.49. The summed E-state index contributed by atoms with van der Waals surface area (Å²) in [6.07, 6.45) is 2.44. The third-order valence-electron chi connectivity index (χ3n) is 3.80. The van der Waals surface area contributed by atoms with Gasteiger partial charge in [-0.05, 0) is 71.8 Å². The van der Waals surface area contributed by atoms with Crippen LogP contribution in [0.3, 0.4) is 0 Å². The Morgan fingerprint density at radius 2 is 1.86 bits per heavy atom. The van der Waals surface area contributed by atoms with Crippen LogP contribution in [-0.4, -0.2) is 39.6 Å². The summed E-state index contributed by atoms with van der Waals surface area (Å²) in [5.74, 6) is 2.05. The van der Waals surface area contributed by atoms with Gasteiger partial charge in [-0.3, -0.25) is 4.79 Å². The molecule has 0 spiro atoms. The van der Waals surface area contributed by atoms with Crippen LogP contribution in [0.4, 0.5) is 0 Å². The Bertz CT molecular complexity index is 870. The van der Waals surface area contributed by atoms with Gasteiger partial charge < -0.3 is 18.9 Å². The van der Waals surface area contributed by atoms with Crippen molar-refractivity contribution in [2.24, 2.45) is 5.10 Å². The Labute approximate surface area is 184 Å². The fraction of sp³-hybridized carbons (Fsp3) is 0.333. The lowest BCUT2D eigenvalue weighted by atomic mass is 10.2. The summed E-state index contributed by atoms with van der Waals surface area (Å²) in [5, 5.41) is 4.05. The molecule has 7 nitrogen and oxygen atoms in total. The van der Waals surface area contributed by atoms with E-state index in [1.54, 1.807) is 31.5 Å². The van der Waals surface area contributed by atoms with Crippen LogP contribution in [-0.2, 0) is 0 Å². The SMILES string of the molecule is CCCOc1ccc(C(=O)N/N=C/c2cc(I)c(OC)c(OCC)c2)cc1OC. The van der Waals surface area contributed by atoms with Gasteiger partial charge in [0, 0.05) is 5.56 Å². The monoisotopic (exact) mass is 512 g/mol. The number of methoxy groups -OCH3 is 2. The average molecular weight is 512 g/mol. The minimum Gasteiger partial charge on any atom is -0.493 e. The summed E-state index contributed by atoms with van der Waals surface area (Å²) >= 11 is 2.17. The number of hydrogen-bond donors (Lipinski definition) is 1. The maximum atomic E-state index is 12.4. The molecule has 0 fully saturated rings. The summed E-state index contributed by atoms with van der Waals surface area (Å²) in [6, 6.07) is 8.71. The van der Waals surface area contributed by atoms with E-state index in [2.05, 4.69) is 33.1 Å². The smallest absolute Gasteiger partial charge is 0.271 e. The van der Waals surface area contributed by atoms with Crippen molar-refractivity contribution >= 4 is 34.7 Å². The molecular weight excluding hydrogens is 487 g/mol. The topological polar surface area (TPSA) is 78.4 Å². The van der Waals surface area contributed by atoms with Crippen LogP contribution in [0.25, 0.3) is 0 Å². The summed E-state index contributed by atoms with van der Waals surface area (Å²) in [5.41, 5.74) is 3.72.